The molecule has 2 fully saturated rings. The van der Waals surface area contributed by atoms with Crippen LogP contribution in [0.5, 0.6) is 0 Å². The summed E-state index contributed by atoms with van der Waals surface area (Å²) in [5, 5.41) is 0. The van der Waals surface area contributed by atoms with Crippen LogP contribution < -0.4 is 0 Å². The van der Waals surface area contributed by atoms with E-state index in [4.69, 9.17) is 9.47 Å². The second-order valence-electron chi connectivity index (χ2n) is 7.66. The molecule has 1 unspecified atom stereocenters. The van der Waals surface area contributed by atoms with E-state index in [0.717, 1.165) is 9.80 Å². The van der Waals surface area contributed by atoms with E-state index in [-0.39, 0.29) is 24.0 Å². The number of imide groups is 2. The minimum Gasteiger partial charge on any atom is -0.443 e. The zero-order valence-electron chi connectivity index (χ0n) is 17.1. The fourth-order valence-corrected chi connectivity index (χ4v) is 4.05. The molecule has 4 rings (SSSR count). The van der Waals surface area contributed by atoms with Crippen molar-refractivity contribution in [2.75, 3.05) is 33.0 Å². The highest BCUT2D eigenvalue weighted by Crippen LogP contribution is 2.29. The van der Waals surface area contributed by atoms with Crippen molar-refractivity contribution >= 4 is 29.6 Å². The largest absolute Gasteiger partial charge is 0.443 e. The number of rotatable bonds is 5. The Morgan fingerprint density at radius 1 is 1.10 bits per heavy atom. The molecule has 3 aliphatic rings. The highest BCUT2D eigenvalue weighted by molar-refractivity contribution is 6.23. The Hall–Kier alpha value is -3.11. The van der Waals surface area contributed by atoms with Gasteiger partial charge in [0, 0.05) is 19.5 Å². The zero-order chi connectivity index (χ0) is 22.1. The van der Waals surface area contributed by atoms with Crippen LogP contribution in [0.1, 0.15) is 40.5 Å². The van der Waals surface area contributed by atoms with Gasteiger partial charge in [0.2, 0.25) is 5.91 Å². The average molecular weight is 429 g/mol. The van der Waals surface area contributed by atoms with Crippen LogP contribution in [-0.2, 0) is 23.9 Å². The summed E-state index contributed by atoms with van der Waals surface area (Å²) in [6.07, 6.45) is -0.00184. The van der Waals surface area contributed by atoms with Crippen LogP contribution in [0.15, 0.2) is 24.3 Å². The lowest BCUT2D eigenvalue weighted by Gasteiger charge is -2.35. The van der Waals surface area contributed by atoms with E-state index in [2.05, 4.69) is 0 Å². The minimum atomic E-state index is -1.11. The normalized spacial score (nSPS) is 23.2. The van der Waals surface area contributed by atoms with E-state index < -0.39 is 48.4 Å². The zero-order valence-corrected chi connectivity index (χ0v) is 17.1. The Balaban J connectivity index is 1.43. The van der Waals surface area contributed by atoms with Gasteiger partial charge in [-0.1, -0.05) is 12.1 Å². The van der Waals surface area contributed by atoms with Crippen molar-refractivity contribution in [3.63, 3.8) is 0 Å². The van der Waals surface area contributed by atoms with E-state index in [9.17, 15) is 24.0 Å². The quantitative estimate of drug-likeness (QED) is 0.476. The first-order valence-electron chi connectivity index (χ1n) is 10.2. The summed E-state index contributed by atoms with van der Waals surface area (Å²) in [5.41, 5.74) is 0.462. The fraction of sp³-hybridized carbons (Fsp3) is 0.476. The van der Waals surface area contributed by atoms with E-state index in [1.165, 1.54) is 12.1 Å². The molecular formula is C21H23N3O7. The van der Waals surface area contributed by atoms with Crippen LogP contribution in [-0.4, -0.2) is 89.4 Å². The first-order chi connectivity index (χ1) is 14.9. The summed E-state index contributed by atoms with van der Waals surface area (Å²) in [4.78, 5) is 66.8. The molecule has 0 aromatic heterocycles. The van der Waals surface area contributed by atoms with E-state index >= 15 is 0 Å². The molecule has 164 valence electrons. The molecule has 0 aliphatic carbocycles. The fourth-order valence-electron chi connectivity index (χ4n) is 4.05. The number of carbonyl (C=O) groups is 5. The highest BCUT2D eigenvalue weighted by Gasteiger charge is 2.47. The number of hydrogen-bond donors (Lipinski definition) is 0. The summed E-state index contributed by atoms with van der Waals surface area (Å²) in [7, 11) is 0. The maximum Gasteiger partial charge on any atom is 0.324 e. The van der Waals surface area contributed by atoms with Crippen LogP contribution in [0.25, 0.3) is 0 Å². The summed E-state index contributed by atoms with van der Waals surface area (Å²) < 4.78 is 10.5. The van der Waals surface area contributed by atoms with Crippen molar-refractivity contribution in [3.8, 4) is 0 Å². The standard InChI is InChI=1S/C21H23N3O7/c1-13(22-8-10-30-11-9-22)21(29)31-12-23-17(25)7-6-16(20(23)28)24-18(26)14-4-2-3-5-15(14)19(24)27/h2-5,13,16H,6-12H2,1H3/t13?,16-/m0/s1. The van der Waals surface area contributed by atoms with Gasteiger partial charge >= 0.3 is 5.97 Å². The Bertz CT molecular complexity index is 906. The predicted octanol–water partition coefficient (Wildman–Crippen LogP) is 0.0216. The number of likely N-dealkylation sites (tertiary alicyclic amines) is 1. The first kappa shape index (κ1) is 21.1. The van der Waals surface area contributed by atoms with Gasteiger partial charge in [0.05, 0.1) is 24.3 Å². The summed E-state index contributed by atoms with van der Waals surface area (Å²) in [6, 6.07) is 4.68. The van der Waals surface area contributed by atoms with E-state index in [1.54, 1.807) is 19.1 Å². The Labute approximate surface area is 178 Å². The Morgan fingerprint density at radius 3 is 2.32 bits per heavy atom. The van der Waals surface area contributed by atoms with Crippen molar-refractivity contribution < 1.29 is 33.4 Å². The molecule has 2 saturated heterocycles. The number of carbonyl (C=O) groups excluding carboxylic acids is 5. The van der Waals surface area contributed by atoms with Gasteiger partial charge in [0.15, 0.2) is 6.73 Å². The lowest BCUT2D eigenvalue weighted by atomic mass is 10.0. The minimum absolute atomic E-state index is 0.0394. The molecule has 0 radical (unpaired) electrons. The second kappa shape index (κ2) is 8.56. The number of morpholine rings is 1. The van der Waals surface area contributed by atoms with Gasteiger partial charge in [-0.2, -0.15) is 0 Å². The number of fused-ring (bicyclic) bond motifs is 1. The molecule has 0 spiro atoms. The van der Waals surface area contributed by atoms with Crippen molar-refractivity contribution in [3.05, 3.63) is 35.4 Å². The monoisotopic (exact) mass is 429 g/mol. The molecule has 3 heterocycles. The lowest BCUT2D eigenvalue weighted by Crippen LogP contribution is -2.57. The third-order valence-electron chi connectivity index (χ3n) is 5.89. The average Bonchev–Trinajstić information content (AvgIpc) is 3.04. The highest BCUT2D eigenvalue weighted by atomic mass is 16.5. The number of esters is 1. The number of piperidine rings is 1. The number of nitrogens with zero attached hydrogens (tertiary/aromatic N) is 3. The van der Waals surface area contributed by atoms with Gasteiger partial charge in [-0.05, 0) is 25.5 Å². The second-order valence-corrected chi connectivity index (χ2v) is 7.66. The molecule has 1 aromatic rings. The third kappa shape index (κ3) is 3.84. The molecule has 31 heavy (non-hydrogen) atoms. The predicted molar refractivity (Wildman–Crippen MR) is 105 cm³/mol. The van der Waals surface area contributed by atoms with Crippen molar-refractivity contribution in [2.45, 2.75) is 31.8 Å². The summed E-state index contributed by atoms with van der Waals surface area (Å²) in [5.74, 6) is -2.93. The topological polar surface area (TPSA) is 114 Å². The third-order valence-corrected chi connectivity index (χ3v) is 5.89. The summed E-state index contributed by atoms with van der Waals surface area (Å²) >= 11 is 0. The van der Waals surface area contributed by atoms with Gasteiger partial charge in [-0.15, -0.1) is 0 Å². The van der Waals surface area contributed by atoms with Crippen LogP contribution in [0.3, 0.4) is 0 Å². The van der Waals surface area contributed by atoms with Gasteiger partial charge in [-0.25, -0.2) is 4.90 Å². The Morgan fingerprint density at radius 2 is 1.71 bits per heavy atom. The molecule has 1 aromatic carbocycles. The van der Waals surface area contributed by atoms with E-state index in [0.29, 0.717) is 26.3 Å². The van der Waals surface area contributed by atoms with Crippen LogP contribution in [0.2, 0.25) is 0 Å². The maximum atomic E-state index is 13.0. The van der Waals surface area contributed by atoms with Crippen molar-refractivity contribution in [1.82, 2.24) is 14.7 Å². The molecule has 0 bridgehead atoms. The molecule has 4 amide bonds. The van der Waals surface area contributed by atoms with Crippen molar-refractivity contribution in [1.29, 1.82) is 0 Å². The number of ether oxygens (including phenoxy) is 2. The van der Waals surface area contributed by atoms with Gasteiger partial charge in [0.1, 0.15) is 12.1 Å². The molecule has 2 atom stereocenters. The smallest absolute Gasteiger partial charge is 0.324 e. The molecule has 10 nitrogen and oxygen atoms in total. The van der Waals surface area contributed by atoms with Gasteiger partial charge in [0.25, 0.3) is 17.7 Å². The van der Waals surface area contributed by atoms with Gasteiger partial charge < -0.3 is 9.47 Å². The molecule has 0 N–H and O–H groups in total. The SMILES string of the molecule is CC(C(=O)OCN1C(=O)CC[C@H](N2C(=O)c3ccccc3C2=O)C1=O)N1CCOCC1. The number of hydrogen-bond acceptors (Lipinski definition) is 8. The van der Waals surface area contributed by atoms with Crippen LogP contribution >= 0.6 is 0 Å². The molecule has 3 aliphatic heterocycles. The molecule has 0 saturated carbocycles. The summed E-state index contributed by atoms with van der Waals surface area (Å²) in [6.45, 7) is 3.34. The number of amides is 4. The molecule has 10 heteroatoms. The van der Waals surface area contributed by atoms with E-state index in [1.807, 2.05) is 4.90 Å². The van der Waals surface area contributed by atoms with Crippen LogP contribution in [0.4, 0.5) is 0 Å². The molecular weight excluding hydrogens is 406 g/mol. The Kier molecular flexibility index (Phi) is 5.84. The maximum absolute atomic E-state index is 13.0. The van der Waals surface area contributed by atoms with Crippen LogP contribution in [0, 0.1) is 0 Å². The lowest BCUT2D eigenvalue weighted by molar-refractivity contribution is -0.166. The number of benzene rings is 1. The van der Waals surface area contributed by atoms with Gasteiger partial charge in [-0.3, -0.25) is 33.8 Å². The van der Waals surface area contributed by atoms with Crippen molar-refractivity contribution in [2.24, 2.45) is 0 Å². The first-order valence-corrected chi connectivity index (χ1v) is 10.2.